The number of ether oxygens (including phenoxy) is 1. The number of nitrogens with one attached hydrogen (secondary N) is 3. The van der Waals surface area contributed by atoms with Gasteiger partial charge in [-0.3, -0.25) is 14.9 Å². The molecule has 4 aromatic carbocycles. The fraction of sp³-hybridized carbons (Fsp3) is 0.100. The van der Waals surface area contributed by atoms with Gasteiger partial charge < -0.3 is 15.4 Å². The molecule has 0 radical (unpaired) electrons. The Morgan fingerprint density at radius 2 is 1.41 bits per heavy atom. The van der Waals surface area contributed by atoms with Gasteiger partial charge in [0.15, 0.2) is 5.11 Å². The van der Waals surface area contributed by atoms with Crippen molar-refractivity contribution in [3.8, 4) is 5.75 Å². The first-order chi connectivity index (χ1) is 18.1. The highest BCUT2D eigenvalue weighted by Crippen LogP contribution is 2.17. The summed E-state index contributed by atoms with van der Waals surface area (Å²) in [6, 6.07) is 33.6. The number of anilines is 1. The van der Waals surface area contributed by atoms with Crippen LogP contribution >= 0.6 is 12.2 Å². The smallest absolute Gasteiger partial charge is 0.257 e. The van der Waals surface area contributed by atoms with E-state index in [1.54, 1.807) is 42.5 Å². The molecule has 7 heteroatoms. The second kappa shape index (κ2) is 13.0. The molecule has 0 aliphatic carbocycles. The van der Waals surface area contributed by atoms with Crippen LogP contribution < -0.4 is 20.7 Å². The van der Waals surface area contributed by atoms with E-state index in [4.69, 9.17) is 17.0 Å². The zero-order valence-corrected chi connectivity index (χ0v) is 21.0. The minimum Gasteiger partial charge on any atom is -0.493 e. The molecule has 0 aliphatic heterocycles. The van der Waals surface area contributed by atoms with Crippen LogP contribution in [0.25, 0.3) is 0 Å². The summed E-state index contributed by atoms with van der Waals surface area (Å²) < 4.78 is 5.83. The maximum Gasteiger partial charge on any atom is 0.257 e. The Morgan fingerprint density at radius 3 is 2.16 bits per heavy atom. The van der Waals surface area contributed by atoms with Gasteiger partial charge in [-0.15, -0.1) is 0 Å². The molecule has 37 heavy (non-hydrogen) atoms. The number of carbonyl (C=O) groups is 2. The second-order valence-corrected chi connectivity index (χ2v) is 8.64. The third-order valence-electron chi connectivity index (χ3n) is 5.54. The molecule has 0 aromatic heterocycles. The topological polar surface area (TPSA) is 79.5 Å². The van der Waals surface area contributed by atoms with Gasteiger partial charge in [0.2, 0.25) is 0 Å². The number of para-hydroxylation sites is 1. The van der Waals surface area contributed by atoms with Gasteiger partial charge in [0.1, 0.15) is 5.75 Å². The van der Waals surface area contributed by atoms with Crippen molar-refractivity contribution in [2.45, 2.75) is 13.0 Å². The van der Waals surface area contributed by atoms with E-state index in [0.29, 0.717) is 35.7 Å². The lowest BCUT2D eigenvalue weighted by Crippen LogP contribution is -2.35. The molecule has 0 spiro atoms. The van der Waals surface area contributed by atoms with Crippen LogP contribution in [0.1, 0.15) is 31.8 Å². The Balaban J connectivity index is 1.32. The zero-order valence-electron chi connectivity index (χ0n) is 20.1. The molecule has 0 saturated heterocycles. The summed E-state index contributed by atoms with van der Waals surface area (Å²) in [5.41, 5.74) is 3.51. The van der Waals surface area contributed by atoms with Crippen molar-refractivity contribution >= 4 is 34.8 Å². The highest BCUT2D eigenvalue weighted by molar-refractivity contribution is 7.80. The Kier molecular flexibility index (Phi) is 8.99. The fourth-order valence-corrected chi connectivity index (χ4v) is 3.85. The number of hydrogen-bond donors (Lipinski definition) is 3. The highest BCUT2D eigenvalue weighted by atomic mass is 32.1. The van der Waals surface area contributed by atoms with Crippen molar-refractivity contribution in [2.24, 2.45) is 0 Å². The van der Waals surface area contributed by atoms with Crippen LogP contribution in [0.2, 0.25) is 0 Å². The molecule has 0 fully saturated rings. The van der Waals surface area contributed by atoms with Crippen LogP contribution in [0.15, 0.2) is 109 Å². The first-order valence-electron chi connectivity index (χ1n) is 11.9. The van der Waals surface area contributed by atoms with Gasteiger partial charge in [-0.05, 0) is 53.7 Å². The van der Waals surface area contributed by atoms with Crippen molar-refractivity contribution in [3.63, 3.8) is 0 Å². The van der Waals surface area contributed by atoms with Crippen molar-refractivity contribution in [3.05, 3.63) is 131 Å². The Labute approximate surface area is 221 Å². The van der Waals surface area contributed by atoms with Gasteiger partial charge in [-0.2, -0.15) is 0 Å². The van der Waals surface area contributed by atoms with E-state index in [1.807, 2.05) is 66.7 Å². The fourth-order valence-electron chi connectivity index (χ4n) is 3.65. The van der Waals surface area contributed by atoms with Crippen LogP contribution in [0.3, 0.4) is 0 Å². The molecule has 0 atom stereocenters. The lowest BCUT2D eigenvalue weighted by atomic mass is 10.1. The Hall–Kier alpha value is -4.49. The molecule has 2 amide bonds. The Morgan fingerprint density at radius 1 is 0.730 bits per heavy atom. The molecule has 0 bridgehead atoms. The maximum absolute atomic E-state index is 12.8. The van der Waals surface area contributed by atoms with Gasteiger partial charge >= 0.3 is 0 Å². The lowest BCUT2D eigenvalue weighted by molar-refractivity contribution is 0.0950. The van der Waals surface area contributed by atoms with Crippen LogP contribution in [0.4, 0.5) is 5.69 Å². The van der Waals surface area contributed by atoms with E-state index >= 15 is 0 Å². The van der Waals surface area contributed by atoms with E-state index in [0.717, 1.165) is 12.0 Å². The molecule has 0 saturated carbocycles. The van der Waals surface area contributed by atoms with Gasteiger partial charge in [0, 0.05) is 18.5 Å². The number of benzene rings is 4. The molecule has 0 heterocycles. The quantitative estimate of drug-likeness (QED) is 0.265. The first-order valence-corrected chi connectivity index (χ1v) is 12.3. The lowest BCUT2D eigenvalue weighted by Gasteiger charge is -2.14. The number of thiocarbonyl (C=S) groups is 1. The predicted octanol–water partition coefficient (Wildman–Crippen LogP) is 5.36. The molecule has 4 rings (SSSR count). The molecule has 0 unspecified atom stereocenters. The van der Waals surface area contributed by atoms with Crippen molar-refractivity contribution in [1.82, 2.24) is 10.6 Å². The summed E-state index contributed by atoms with van der Waals surface area (Å²) in [5.74, 6) is -0.0265. The molecule has 0 aliphatic rings. The van der Waals surface area contributed by atoms with E-state index in [1.165, 1.54) is 5.56 Å². The van der Waals surface area contributed by atoms with Gasteiger partial charge in [-0.1, -0.05) is 78.9 Å². The minimum absolute atomic E-state index is 0.0868. The average molecular weight is 510 g/mol. The number of carbonyl (C=O) groups excluding carboxylic acids is 2. The average Bonchev–Trinajstić information content (AvgIpc) is 2.93. The first kappa shape index (κ1) is 25.6. The van der Waals surface area contributed by atoms with Gasteiger partial charge in [0.05, 0.1) is 17.9 Å². The summed E-state index contributed by atoms with van der Waals surface area (Å²) in [4.78, 5) is 25.6. The van der Waals surface area contributed by atoms with Crippen LogP contribution in [-0.4, -0.2) is 23.5 Å². The maximum atomic E-state index is 12.8. The van der Waals surface area contributed by atoms with E-state index < -0.39 is 0 Å². The summed E-state index contributed by atoms with van der Waals surface area (Å²) in [7, 11) is 0. The third kappa shape index (κ3) is 7.75. The summed E-state index contributed by atoms with van der Waals surface area (Å²) >= 11 is 5.35. The second-order valence-electron chi connectivity index (χ2n) is 8.23. The van der Waals surface area contributed by atoms with Crippen molar-refractivity contribution < 1.29 is 14.3 Å². The van der Waals surface area contributed by atoms with Crippen molar-refractivity contribution in [1.29, 1.82) is 0 Å². The largest absolute Gasteiger partial charge is 0.493 e. The van der Waals surface area contributed by atoms with E-state index in [2.05, 4.69) is 16.0 Å². The van der Waals surface area contributed by atoms with Gasteiger partial charge in [-0.25, -0.2) is 0 Å². The summed E-state index contributed by atoms with van der Waals surface area (Å²) in [6.45, 7) is 0.900. The molecule has 3 N–H and O–H groups in total. The molecule has 6 nitrogen and oxygen atoms in total. The van der Waals surface area contributed by atoms with E-state index in [9.17, 15) is 9.59 Å². The standard InChI is InChI=1S/C30H27N3O3S/c34-28(24-14-9-15-25(20-24)36-19-18-22-10-3-1-4-11-22)33-30(37)32-27-17-8-7-16-26(27)29(35)31-21-23-12-5-2-6-13-23/h1-17,20H,18-19,21H2,(H,31,35)(H2,32,33,34,37). The van der Waals surface area contributed by atoms with E-state index in [-0.39, 0.29) is 16.9 Å². The highest BCUT2D eigenvalue weighted by Gasteiger charge is 2.14. The predicted molar refractivity (Wildman–Crippen MR) is 150 cm³/mol. The van der Waals surface area contributed by atoms with Crippen molar-refractivity contribution in [2.75, 3.05) is 11.9 Å². The molecule has 186 valence electrons. The van der Waals surface area contributed by atoms with Crippen LogP contribution in [-0.2, 0) is 13.0 Å². The monoisotopic (exact) mass is 509 g/mol. The molecule has 4 aromatic rings. The number of rotatable bonds is 9. The minimum atomic E-state index is -0.378. The molecular weight excluding hydrogens is 482 g/mol. The Bertz CT molecular complexity index is 1360. The summed E-state index contributed by atoms with van der Waals surface area (Å²) in [6.07, 6.45) is 0.767. The summed E-state index contributed by atoms with van der Waals surface area (Å²) in [5, 5.41) is 8.63. The third-order valence-corrected chi connectivity index (χ3v) is 5.75. The van der Waals surface area contributed by atoms with Gasteiger partial charge in [0.25, 0.3) is 11.8 Å². The number of hydrogen-bond acceptors (Lipinski definition) is 4. The van der Waals surface area contributed by atoms with Crippen LogP contribution in [0.5, 0.6) is 5.75 Å². The zero-order chi connectivity index (χ0) is 25.9. The molecular formula is C30H27N3O3S. The van der Waals surface area contributed by atoms with Crippen LogP contribution in [0, 0.1) is 0 Å². The number of amides is 2. The SMILES string of the molecule is O=C(NC(=S)Nc1ccccc1C(=O)NCc1ccccc1)c1cccc(OCCc2ccccc2)c1. The normalized spacial score (nSPS) is 10.3.